The van der Waals surface area contributed by atoms with Crippen molar-refractivity contribution in [2.45, 2.75) is 53.4 Å². The average molecular weight is 404 g/mol. The Kier molecular flexibility index (Phi) is 7.45. The monoisotopic (exact) mass is 403 g/mol. The van der Waals surface area contributed by atoms with Crippen molar-refractivity contribution in [2.75, 3.05) is 13.1 Å². The van der Waals surface area contributed by atoms with Crippen LogP contribution in [0.1, 0.15) is 56.4 Å². The molecule has 4 heteroatoms. The lowest BCUT2D eigenvalue weighted by Gasteiger charge is -2.20. The Morgan fingerprint density at radius 3 is 2.30 bits per heavy atom. The molecule has 0 saturated carbocycles. The fourth-order valence-corrected chi connectivity index (χ4v) is 3.53. The third kappa shape index (κ3) is 5.18. The van der Waals surface area contributed by atoms with Gasteiger partial charge in [0.25, 0.3) is 0 Å². The van der Waals surface area contributed by atoms with Gasteiger partial charge in [0.05, 0.1) is 11.4 Å². The molecule has 3 rings (SSSR count). The van der Waals surface area contributed by atoms with E-state index in [2.05, 4.69) is 68.5 Å². The minimum absolute atomic E-state index is 0.0776. The zero-order valence-electron chi connectivity index (χ0n) is 18.7. The Morgan fingerprint density at radius 1 is 1.00 bits per heavy atom. The van der Waals surface area contributed by atoms with Crippen molar-refractivity contribution in [1.29, 1.82) is 0 Å². The van der Waals surface area contributed by atoms with Gasteiger partial charge in [0, 0.05) is 30.9 Å². The van der Waals surface area contributed by atoms with Crippen molar-refractivity contribution in [3.8, 4) is 11.3 Å². The van der Waals surface area contributed by atoms with Crippen molar-refractivity contribution in [3.05, 3.63) is 65.5 Å². The number of nitrogens with zero attached hydrogens (tertiary/aromatic N) is 3. The first-order valence-electron chi connectivity index (χ1n) is 11.1. The maximum absolute atomic E-state index is 12.9. The third-order valence-corrected chi connectivity index (χ3v) is 5.40. The first kappa shape index (κ1) is 21.8. The van der Waals surface area contributed by atoms with Gasteiger partial charge in [0.1, 0.15) is 5.65 Å². The Bertz CT molecular complexity index is 1010. The normalized spacial score (nSPS) is 11.5. The molecule has 3 aromatic rings. The summed E-state index contributed by atoms with van der Waals surface area (Å²) in [5.41, 5.74) is 6.17. The van der Waals surface area contributed by atoms with E-state index in [4.69, 9.17) is 4.98 Å². The molecule has 0 unspecified atom stereocenters. The zero-order valence-corrected chi connectivity index (χ0v) is 18.7. The van der Waals surface area contributed by atoms with Crippen LogP contribution < -0.4 is 0 Å². The number of unbranched alkanes of at least 4 members (excludes halogenated alkanes) is 2. The van der Waals surface area contributed by atoms with E-state index in [1.54, 1.807) is 6.08 Å². The van der Waals surface area contributed by atoms with Crippen molar-refractivity contribution >= 4 is 17.6 Å². The topological polar surface area (TPSA) is 37.6 Å². The maximum atomic E-state index is 12.9. The van der Waals surface area contributed by atoms with Gasteiger partial charge < -0.3 is 4.90 Å². The van der Waals surface area contributed by atoms with Crippen LogP contribution >= 0.6 is 0 Å². The highest BCUT2D eigenvalue weighted by atomic mass is 16.2. The molecule has 1 amide bonds. The number of benzene rings is 1. The summed E-state index contributed by atoms with van der Waals surface area (Å²) in [6.45, 7) is 10.1. The van der Waals surface area contributed by atoms with Crippen LogP contribution in [0.15, 0.2) is 48.7 Å². The number of aromatic nitrogens is 2. The standard InChI is InChI=1S/C26H33N3O/c1-5-7-16-28(17-8-6-2)25(30)14-13-23-26(22-11-9-20(3)10-12-22)27-24-19-21(4)15-18-29(23)24/h9-15,18-19H,5-8,16-17H2,1-4H3/b14-13+. The molecule has 0 aliphatic rings. The highest BCUT2D eigenvalue weighted by molar-refractivity contribution is 5.93. The Labute approximate surface area is 180 Å². The van der Waals surface area contributed by atoms with Crippen LogP contribution in [0.5, 0.6) is 0 Å². The second kappa shape index (κ2) is 10.2. The molecule has 0 atom stereocenters. The van der Waals surface area contributed by atoms with Gasteiger partial charge in [-0.25, -0.2) is 4.98 Å². The van der Waals surface area contributed by atoms with E-state index in [0.717, 1.165) is 61.4 Å². The van der Waals surface area contributed by atoms with E-state index in [1.807, 2.05) is 17.2 Å². The molecule has 2 aromatic heterocycles. The van der Waals surface area contributed by atoms with E-state index in [0.29, 0.717) is 0 Å². The van der Waals surface area contributed by atoms with E-state index in [-0.39, 0.29) is 5.91 Å². The first-order chi connectivity index (χ1) is 14.5. The van der Waals surface area contributed by atoms with Crippen molar-refractivity contribution in [2.24, 2.45) is 0 Å². The van der Waals surface area contributed by atoms with Gasteiger partial charge in [-0.1, -0.05) is 56.5 Å². The van der Waals surface area contributed by atoms with Gasteiger partial charge in [-0.05, 0) is 50.5 Å². The summed E-state index contributed by atoms with van der Waals surface area (Å²) in [5.74, 6) is 0.0776. The number of hydrogen-bond donors (Lipinski definition) is 0. The molecule has 0 spiro atoms. The number of imidazole rings is 1. The Hall–Kier alpha value is -2.88. The first-order valence-corrected chi connectivity index (χ1v) is 11.1. The summed E-state index contributed by atoms with van der Waals surface area (Å²) < 4.78 is 2.06. The second-order valence-electron chi connectivity index (χ2n) is 8.01. The molecular formula is C26H33N3O. The summed E-state index contributed by atoms with van der Waals surface area (Å²) in [7, 11) is 0. The number of fused-ring (bicyclic) bond motifs is 1. The molecule has 158 valence electrons. The van der Waals surface area contributed by atoms with Crippen molar-refractivity contribution in [3.63, 3.8) is 0 Å². The number of amides is 1. The molecule has 0 saturated heterocycles. The van der Waals surface area contributed by atoms with Crippen LogP contribution in [0.2, 0.25) is 0 Å². The molecule has 0 N–H and O–H groups in total. The fourth-order valence-electron chi connectivity index (χ4n) is 3.53. The van der Waals surface area contributed by atoms with E-state index in [9.17, 15) is 4.79 Å². The summed E-state index contributed by atoms with van der Waals surface area (Å²) in [5, 5.41) is 0. The number of aryl methyl sites for hydroxylation is 2. The van der Waals surface area contributed by atoms with Crippen molar-refractivity contribution < 1.29 is 4.79 Å². The number of carbonyl (C=O) groups is 1. The van der Waals surface area contributed by atoms with Crippen LogP contribution in [0.3, 0.4) is 0 Å². The molecular weight excluding hydrogens is 370 g/mol. The summed E-state index contributed by atoms with van der Waals surface area (Å²) in [6, 6.07) is 12.5. The predicted octanol–water partition coefficient (Wildman–Crippen LogP) is 6.06. The lowest BCUT2D eigenvalue weighted by molar-refractivity contribution is -0.126. The highest BCUT2D eigenvalue weighted by Gasteiger charge is 2.14. The number of pyridine rings is 1. The van der Waals surface area contributed by atoms with Crippen LogP contribution in [-0.4, -0.2) is 33.3 Å². The Balaban J connectivity index is 1.97. The summed E-state index contributed by atoms with van der Waals surface area (Å²) in [4.78, 5) is 19.8. The second-order valence-corrected chi connectivity index (χ2v) is 8.01. The largest absolute Gasteiger partial charge is 0.339 e. The quantitative estimate of drug-likeness (QED) is 0.407. The predicted molar refractivity (Wildman–Crippen MR) is 126 cm³/mol. The lowest BCUT2D eigenvalue weighted by atomic mass is 10.1. The Morgan fingerprint density at radius 2 is 1.67 bits per heavy atom. The lowest BCUT2D eigenvalue weighted by Crippen LogP contribution is -2.31. The smallest absolute Gasteiger partial charge is 0.246 e. The minimum Gasteiger partial charge on any atom is -0.339 e. The number of carbonyl (C=O) groups excluding carboxylic acids is 1. The molecule has 0 aliphatic carbocycles. The molecule has 30 heavy (non-hydrogen) atoms. The molecule has 0 fully saturated rings. The van der Waals surface area contributed by atoms with Crippen LogP contribution in [0.4, 0.5) is 0 Å². The number of rotatable bonds is 9. The maximum Gasteiger partial charge on any atom is 0.246 e. The van der Waals surface area contributed by atoms with Gasteiger partial charge in [-0.2, -0.15) is 0 Å². The highest BCUT2D eigenvalue weighted by Crippen LogP contribution is 2.26. The van der Waals surface area contributed by atoms with Gasteiger partial charge >= 0.3 is 0 Å². The summed E-state index contributed by atoms with van der Waals surface area (Å²) in [6.07, 6.45) is 9.92. The van der Waals surface area contributed by atoms with Crippen molar-refractivity contribution in [1.82, 2.24) is 14.3 Å². The van der Waals surface area contributed by atoms with Gasteiger partial charge in [0.2, 0.25) is 5.91 Å². The van der Waals surface area contributed by atoms with E-state index < -0.39 is 0 Å². The van der Waals surface area contributed by atoms with E-state index >= 15 is 0 Å². The van der Waals surface area contributed by atoms with Crippen LogP contribution in [0, 0.1) is 13.8 Å². The third-order valence-electron chi connectivity index (χ3n) is 5.40. The molecule has 0 aliphatic heterocycles. The number of hydrogen-bond acceptors (Lipinski definition) is 2. The zero-order chi connectivity index (χ0) is 21.5. The minimum atomic E-state index is 0.0776. The van der Waals surface area contributed by atoms with Gasteiger partial charge in [0.15, 0.2) is 0 Å². The molecule has 4 nitrogen and oxygen atoms in total. The van der Waals surface area contributed by atoms with Gasteiger partial charge in [-0.3, -0.25) is 9.20 Å². The van der Waals surface area contributed by atoms with Crippen LogP contribution in [0.25, 0.3) is 23.0 Å². The molecule has 0 radical (unpaired) electrons. The SMILES string of the molecule is CCCCN(CCCC)C(=O)/C=C/c1c(-c2ccc(C)cc2)nc2cc(C)ccn12. The fraction of sp³-hybridized carbons (Fsp3) is 0.385. The summed E-state index contributed by atoms with van der Waals surface area (Å²) >= 11 is 0. The van der Waals surface area contributed by atoms with Crippen LogP contribution in [-0.2, 0) is 4.79 Å². The molecule has 1 aromatic carbocycles. The molecule has 0 bridgehead atoms. The van der Waals surface area contributed by atoms with Gasteiger partial charge in [-0.15, -0.1) is 0 Å². The van der Waals surface area contributed by atoms with E-state index in [1.165, 1.54) is 11.1 Å². The molecule has 2 heterocycles. The average Bonchev–Trinajstić information content (AvgIpc) is 3.10.